The molecule has 1 heteroatoms. The van der Waals surface area contributed by atoms with Crippen molar-refractivity contribution in [3.8, 4) is 0 Å². The van der Waals surface area contributed by atoms with Crippen molar-refractivity contribution in [2.75, 3.05) is 0 Å². The van der Waals surface area contributed by atoms with E-state index in [1.54, 1.807) is 11.1 Å². The summed E-state index contributed by atoms with van der Waals surface area (Å²) >= 11 is 2.38. The molecule has 2 bridgehead atoms. The SMILES string of the molecule is Cc1ccc(C23CC(c4ccc(I)cc4)(C2)C3)cc1. The molecule has 3 saturated carbocycles. The van der Waals surface area contributed by atoms with Crippen molar-refractivity contribution in [2.24, 2.45) is 0 Å². The molecule has 0 radical (unpaired) electrons. The van der Waals surface area contributed by atoms with E-state index < -0.39 is 0 Å². The van der Waals surface area contributed by atoms with Gasteiger partial charge in [0.05, 0.1) is 0 Å². The quantitative estimate of drug-likeness (QED) is 0.663. The van der Waals surface area contributed by atoms with Crippen LogP contribution in [0.4, 0.5) is 0 Å². The highest BCUT2D eigenvalue weighted by atomic mass is 127. The lowest BCUT2D eigenvalue weighted by Gasteiger charge is -2.71. The van der Waals surface area contributed by atoms with Gasteiger partial charge in [0, 0.05) is 3.57 Å². The van der Waals surface area contributed by atoms with Gasteiger partial charge in [-0.2, -0.15) is 0 Å². The van der Waals surface area contributed by atoms with Gasteiger partial charge < -0.3 is 0 Å². The van der Waals surface area contributed by atoms with Gasteiger partial charge in [0.25, 0.3) is 0 Å². The summed E-state index contributed by atoms with van der Waals surface area (Å²) in [6.45, 7) is 2.17. The molecule has 0 nitrogen and oxygen atoms in total. The van der Waals surface area contributed by atoms with E-state index >= 15 is 0 Å². The van der Waals surface area contributed by atoms with Gasteiger partial charge in [-0.15, -0.1) is 0 Å². The van der Waals surface area contributed by atoms with Crippen LogP contribution in [0, 0.1) is 10.5 Å². The molecular weight excluding hydrogens is 343 g/mol. The fourth-order valence-electron chi connectivity index (χ4n) is 4.11. The first-order chi connectivity index (χ1) is 9.12. The van der Waals surface area contributed by atoms with E-state index in [1.165, 1.54) is 28.4 Å². The largest absolute Gasteiger partial charge is 0.0590 e. The van der Waals surface area contributed by atoms with E-state index in [2.05, 4.69) is 78.0 Å². The van der Waals surface area contributed by atoms with Crippen LogP contribution in [0.2, 0.25) is 0 Å². The third-order valence-electron chi connectivity index (χ3n) is 5.15. The van der Waals surface area contributed by atoms with Crippen molar-refractivity contribution >= 4 is 22.6 Å². The molecule has 0 amide bonds. The van der Waals surface area contributed by atoms with Gasteiger partial charge in [-0.3, -0.25) is 0 Å². The molecule has 96 valence electrons. The van der Waals surface area contributed by atoms with Gasteiger partial charge in [0.1, 0.15) is 0 Å². The molecule has 0 atom stereocenters. The monoisotopic (exact) mass is 360 g/mol. The molecule has 0 N–H and O–H groups in total. The zero-order valence-corrected chi connectivity index (χ0v) is 13.3. The van der Waals surface area contributed by atoms with Crippen molar-refractivity contribution in [1.82, 2.24) is 0 Å². The Kier molecular flexibility index (Phi) is 2.42. The van der Waals surface area contributed by atoms with E-state index in [0.29, 0.717) is 10.8 Å². The molecule has 0 spiro atoms. The summed E-state index contributed by atoms with van der Waals surface area (Å²) in [6.07, 6.45) is 4.05. The Morgan fingerprint density at radius 3 is 1.63 bits per heavy atom. The van der Waals surface area contributed by atoms with Gasteiger partial charge in [-0.25, -0.2) is 0 Å². The van der Waals surface area contributed by atoms with Crippen molar-refractivity contribution in [3.63, 3.8) is 0 Å². The maximum Gasteiger partial charge on any atom is 0.0130 e. The summed E-state index contributed by atoms with van der Waals surface area (Å²) in [5.41, 5.74) is 5.50. The Morgan fingerprint density at radius 2 is 1.16 bits per heavy atom. The summed E-state index contributed by atoms with van der Waals surface area (Å²) in [6, 6.07) is 18.4. The van der Waals surface area contributed by atoms with E-state index in [-0.39, 0.29) is 0 Å². The minimum Gasteiger partial charge on any atom is -0.0590 e. The van der Waals surface area contributed by atoms with Crippen molar-refractivity contribution in [2.45, 2.75) is 37.0 Å². The summed E-state index contributed by atoms with van der Waals surface area (Å²) in [4.78, 5) is 0. The highest BCUT2D eigenvalue weighted by molar-refractivity contribution is 14.1. The van der Waals surface area contributed by atoms with E-state index in [0.717, 1.165) is 0 Å². The fourth-order valence-corrected chi connectivity index (χ4v) is 4.47. The molecule has 0 aromatic heterocycles. The molecule has 5 rings (SSSR count). The van der Waals surface area contributed by atoms with E-state index in [4.69, 9.17) is 0 Å². The van der Waals surface area contributed by atoms with Crippen LogP contribution in [-0.2, 0) is 10.8 Å². The lowest BCUT2D eigenvalue weighted by molar-refractivity contribution is -0.0693. The molecule has 2 aromatic carbocycles. The maximum absolute atomic E-state index is 2.38. The zero-order chi connectivity index (χ0) is 13.1. The molecular formula is C18H17I. The van der Waals surface area contributed by atoms with Crippen molar-refractivity contribution < 1.29 is 0 Å². The Balaban J connectivity index is 1.58. The topological polar surface area (TPSA) is 0 Å². The van der Waals surface area contributed by atoms with Gasteiger partial charge in [0.2, 0.25) is 0 Å². The molecule has 2 aromatic rings. The second kappa shape index (κ2) is 3.85. The first-order valence-electron chi connectivity index (χ1n) is 6.95. The third-order valence-corrected chi connectivity index (χ3v) is 5.87. The Hall–Kier alpha value is -0.830. The molecule has 0 heterocycles. The Labute approximate surface area is 128 Å². The molecule has 0 unspecified atom stereocenters. The molecule has 3 aliphatic rings. The minimum atomic E-state index is 0.509. The van der Waals surface area contributed by atoms with Gasteiger partial charge in [-0.1, -0.05) is 42.0 Å². The fraction of sp³-hybridized carbons (Fsp3) is 0.333. The van der Waals surface area contributed by atoms with Crippen LogP contribution in [0.25, 0.3) is 0 Å². The molecule has 3 aliphatic carbocycles. The smallest absolute Gasteiger partial charge is 0.0130 e. The van der Waals surface area contributed by atoms with Crippen molar-refractivity contribution in [3.05, 3.63) is 68.8 Å². The number of halogens is 1. The van der Waals surface area contributed by atoms with Crippen LogP contribution in [0.5, 0.6) is 0 Å². The summed E-state index contributed by atoms with van der Waals surface area (Å²) in [7, 11) is 0. The summed E-state index contributed by atoms with van der Waals surface area (Å²) < 4.78 is 1.33. The van der Waals surface area contributed by atoms with Crippen LogP contribution in [-0.4, -0.2) is 0 Å². The Bertz CT molecular complexity index is 546. The number of hydrogen-bond donors (Lipinski definition) is 0. The second-order valence-electron chi connectivity index (χ2n) is 6.46. The molecule has 0 saturated heterocycles. The van der Waals surface area contributed by atoms with Crippen molar-refractivity contribution in [1.29, 1.82) is 0 Å². The van der Waals surface area contributed by atoms with E-state index in [1.807, 2.05) is 0 Å². The summed E-state index contributed by atoms with van der Waals surface area (Å²) in [5.74, 6) is 0. The van der Waals surface area contributed by atoms with Gasteiger partial charge in [0.15, 0.2) is 0 Å². The van der Waals surface area contributed by atoms with Gasteiger partial charge >= 0.3 is 0 Å². The zero-order valence-electron chi connectivity index (χ0n) is 11.1. The number of rotatable bonds is 2. The number of benzene rings is 2. The highest BCUT2D eigenvalue weighted by Gasteiger charge is 2.68. The maximum atomic E-state index is 2.38. The first-order valence-corrected chi connectivity index (χ1v) is 8.03. The molecule has 3 fully saturated rings. The Morgan fingerprint density at radius 1 is 0.737 bits per heavy atom. The number of hydrogen-bond acceptors (Lipinski definition) is 0. The normalized spacial score (nSPS) is 31.5. The van der Waals surface area contributed by atoms with Crippen LogP contribution in [0.15, 0.2) is 48.5 Å². The molecule has 19 heavy (non-hydrogen) atoms. The number of aryl methyl sites for hydroxylation is 1. The van der Waals surface area contributed by atoms with Gasteiger partial charge in [-0.05, 0) is 82.9 Å². The van der Waals surface area contributed by atoms with E-state index in [9.17, 15) is 0 Å². The molecule has 0 aliphatic heterocycles. The second-order valence-corrected chi connectivity index (χ2v) is 7.71. The predicted molar refractivity (Wildman–Crippen MR) is 87.5 cm³/mol. The standard InChI is InChI=1S/C18H17I/c1-13-2-4-14(5-3-13)17-10-18(11-17,12-17)15-6-8-16(19)9-7-15/h2-9H,10-12H2,1H3. The first kappa shape index (κ1) is 12.0. The average molecular weight is 360 g/mol. The summed E-state index contributed by atoms with van der Waals surface area (Å²) in [5, 5.41) is 0. The lowest BCUT2D eigenvalue weighted by Crippen LogP contribution is -2.67. The van der Waals surface area contributed by atoms with Crippen LogP contribution in [0.3, 0.4) is 0 Å². The lowest BCUT2D eigenvalue weighted by atomic mass is 9.32. The predicted octanol–water partition coefficient (Wildman–Crippen LogP) is 4.97. The highest BCUT2D eigenvalue weighted by Crippen LogP contribution is 2.73. The minimum absolute atomic E-state index is 0.509. The van der Waals surface area contributed by atoms with Crippen LogP contribution < -0.4 is 0 Å². The third kappa shape index (κ3) is 1.63. The van der Waals surface area contributed by atoms with Crippen LogP contribution >= 0.6 is 22.6 Å². The van der Waals surface area contributed by atoms with Crippen LogP contribution in [0.1, 0.15) is 36.0 Å². The average Bonchev–Trinajstić information content (AvgIpc) is 2.31.